The van der Waals surface area contributed by atoms with Gasteiger partial charge < -0.3 is 10.5 Å². The van der Waals surface area contributed by atoms with E-state index >= 15 is 0 Å². The SMILES string of the molecule is CC(N)CSCCOc1ccc(Cl)cc1. The van der Waals surface area contributed by atoms with Crippen molar-refractivity contribution in [2.24, 2.45) is 5.73 Å². The van der Waals surface area contributed by atoms with Crippen molar-refractivity contribution in [3.05, 3.63) is 29.3 Å². The molecule has 0 spiro atoms. The molecule has 2 N–H and O–H groups in total. The van der Waals surface area contributed by atoms with E-state index in [4.69, 9.17) is 22.1 Å². The van der Waals surface area contributed by atoms with Gasteiger partial charge in [-0.3, -0.25) is 0 Å². The predicted molar refractivity (Wildman–Crippen MR) is 67.9 cm³/mol. The third kappa shape index (κ3) is 5.92. The van der Waals surface area contributed by atoms with Crippen molar-refractivity contribution in [1.82, 2.24) is 0 Å². The zero-order valence-electron chi connectivity index (χ0n) is 8.78. The van der Waals surface area contributed by atoms with E-state index in [1.807, 2.05) is 43.0 Å². The molecule has 4 heteroatoms. The molecule has 0 aliphatic rings. The maximum absolute atomic E-state index is 5.76. The van der Waals surface area contributed by atoms with Gasteiger partial charge in [0, 0.05) is 22.6 Å². The molecule has 1 aromatic rings. The molecule has 0 bridgehead atoms. The number of hydrogen-bond acceptors (Lipinski definition) is 3. The second-order valence-corrected chi connectivity index (χ2v) is 4.94. The van der Waals surface area contributed by atoms with E-state index in [2.05, 4.69) is 0 Å². The summed E-state index contributed by atoms with van der Waals surface area (Å²) in [6.45, 7) is 2.71. The normalized spacial score (nSPS) is 12.5. The molecule has 1 unspecified atom stereocenters. The van der Waals surface area contributed by atoms with Crippen LogP contribution in [0.2, 0.25) is 5.02 Å². The Labute approximate surface area is 100 Å². The summed E-state index contributed by atoms with van der Waals surface area (Å²) < 4.78 is 5.52. The first-order valence-corrected chi connectivity index (χ1v) is 6.43. The number of benzene rings is 1. The highest BCUT2D eigenvalue weighted by molar-refractivity contribution is 7.99. The molecule has 0 aromatic heterocycles. The maximum atomic E-state index is 5.76. The first-order chi connectivity index (χ1) is 7.18. The Morgan fingerprint density at radius 1 is 1.40 bits per heavy atom. The molecule has 2 nitrogen and oxygen atoms in total. The quantitative estimate of drug-likeness (QED) is 0.783. The largest absolute Gasteiger partial charge is 0.493 e. The van der Waals surface area contributed by atoms with Gasteiger partial charge in [-0.2, -0.15) is 11.8 Å². The van der Waals surface area contributed by atoms with E-state index in [0.717, 1.165) is 22.3 Å². The van der Waals surface area contributed by atoms with Crippen molar-refractivity contribution >= 4 is 23.4 Å². The van der Waals surface area contributed by atoms with Gasteiger partial charge in [0.05, 0.1) is 6.61 Å². The Bertz CT molecular complexity index is 276. The van der Waals surface area contributed by atoms with Crippen LogP contribution in [0.15, 0.2) is 24.3 Å². The highest BCUT2D eigenvalue weighted by atomic mass is 35.5. The van der Waals surface area contributed by atoms with E-state index in [1.54, 1.807) is 0 Å². The first-order valence-electron chi connectivity index (χ1n) is 4.90. The van der Waals surface area contributed by atoms with Crippen LogP contribution in [0, 0.1) is 0 Å². The highest BCUT2D eigenvalue weighted by Crippen LogP contribution is 2.15. The summed E-state index contributed by atoms with van der Waals surface area (Å²) in [6.07, 6.45) is 0. The van der Waals surface area contributed by atoms with Gasteiger partial charge in [-0.05, 0) is 31.2 Å². The average molecular weight is 246 g/mol. The van der Waals surface area contributed by atoms with Gasteiger partial charge >= 0.3 is 0 Å². The van der Waals surface area contributed by atoms with Gasteiger partial charge in [0.1, 0.15) is 5.75 Å². The van der Waals surface area contributed by atoms with Crippen LogP contribution >= 0.6 is 23.4 Å². The molecule has 0 saturated heterocycles. The van der Waals surface area contributed by atoms with Crippen LogP contribution in [0.3, 0.4) is 0 Å². The lowest BCUT2D eigenvalue weighted by Gasteiger charge is -2.07. The Morgan fingerprint density at radius 2 is 2.07 bits per heavy atom. The molecule has 0 aliphatic carbocycles. The number of nitrogens with two attached hydrogens (primary N) is 1. The monoisotopic (exact) mass is 245 g/mol. The molecule has 0 saturated carbocycles. The van der Waals surface area contributed by atoms with E-state index in [1.165, 1.54) is 0 Å². The summed E-state index contributed by atoms with van der Waals surface area (Å²) in [6, 6.07) is 7.65. The van der Waals surface area contributed by atoms with Gasteiger partial charge in [-0.15, -0.1) is 0 Å². The van der Waals surface area contributed by atoms with E-state index < -0.39 is 0 Å². The van der Waals surface area contributed by atoms with E-state index in [0.29, 0.717) is 6.61 Å². The van der Waals surface area contributed by atoms with Crippen molar-refractivity contribution in [1.29, 1.82) is 0 Å². The Kier molecular flexibility index (Phi) is 5.91. The number of thioether (sulfide) groups is 1. The van der Waals surface area contributed by atoms with Gasteiger partial charge in [0.25, 0.3) is 0 Å². The molecule has 1 aromatic carbocycles. The molecule has 15 heavy (non-hydrogen) atoms. The summed E-state index contributed by atoms with van der Waals surface area (Å²) in [5.41, 5.74) is 5.63. The number of hydrogen-bond donors (Lipinski definition) is 1. The molecule has 0 amide bonds. The topological polar surface area (TPSA) is 35.2 Å². The smallest absolute Gasteiger partial charge is 0.119 e. The average Bonchev–Trinajstić information content (AvgIpc) is 2.20. The minimum absolute atomic E-state index is 0.255. The summed E-state index contributed by atoms with van der Waals surface area (Å²) in [7, 11) is 0. The number of halogens is 1. The van der Waals surface area contributed by atoms with Crippen LogP contribution < -0.4 is 10.5 Å². The highest BCUT2D eigenvalue weighted by Gasteiger charge is 1.96. The third-order valence-corrected chi connectivity index (χ3v) is 3.16. The van der Waals surface area contributed by atoms with Gasteiger partial charge in [0.15, 0.2) is 0 Å². The second kappa shape index (κ2) is 6.99. The number of ether oxygens (including phenoxy) is 1. The summed E-state index contributed by atoms with van der Waals surface area (Å²) in [4.78, 5) is 0. The van der Waals surface area contributed by atoms with Crippen LogP contribution in [0.1, 0.15) is 6.92 Å². The van der Waals surface area contributed by atoms with Crippen LogP contribution in [0.5, 0.6) is 5.75 Å². The predicted octanol–water partition coefficient (Wildman–Crippen LogP) is 2.80. The standard InChI is InChI=1S/C11H16ClNOS/c1-9(13)8-15-7-6-14-11-4-2-10(12)3-5-11/h2-5,9H,6-8,13H2,1H3. The third-order valence-electron chi connectivity index (χ3n) is 1.69. The Balaban J connectivity index is 2.12. The van der Waals surface area contributed by atoms with Gasteiger partial charge in [-0.25, -0.2) is 0 Å². The summed E-state index contributed by atoms with van der Waals surface area (Å²) in [5, 5.41) is 0.730. The Morgan fingerprint density at radius 3 is 2.67 bits per heavy atom. The van der Waals surface area contributed by atoms with Crippen molar-refractivity contribution in [2.45, 2.75) is 13.0 Å². The minimum atomic E-state index is 0.255. The van der Waals surface area contributed by atoms with E-state index in [-0.39, 0.29) is 6.04 Å². The minimum Gasteiger partial charge on any atom is -0.493 e. The fourth-order valence-electron chi connectivity index (χ4n) is 1.02. The molecule has 1 rings (SSSR count). The zero-order valence-corrected chi connectivity index (χ0v) is 10.4. The number of rotatable bonds is 6. The van der Waals surface area contributed by atoms with Crippen molar-refractivity contribution < 1.29 is 4.74 Å². The van der Waals surface area contributed by atoms with Crippen molar-refractivity contribution in [3.63, 3.8) is 0 Å². The molecular formula is C11H16ClNOS. The summed E-state index contributed by atoms with van der Waals surface area (Å²) >= 11 is 7.56. The molecule has 0 heterocycles. The molecule has 1 atom stereocenters. The van der Waals surface area contributed by atoms with Crippen molar-refractivity contribution in [2.75, 3.05) is 18.1 Å². The van der Waals surface area contributed by atoms with Crippen molar-refractivity contribution in [3.8, 4) is 5.75 Å². The van der Waals surface area contributed by atoms with Gasteiger partial charge in [0.2, 0.25) is 0 Å². The molecule has 0 radical (unpaired) electrons. The first kappa shape index (κ1) is 12.7. The molecular weight excluding hydrogens is 230 g/mol. The van der Waals surface area contributed by atoms with Crippen LogP contribution in [0.25, 0.3) is 0 Å². The van der Waals surface area contributed by atoms with Gasteiger partial charge in [-0.1, -0.05) is 11.6 Å². The summed E-state index contributed by atoms with van der Waals surface area (Å²) in [5.74, 6) is 2.80. The van der Waals surface area contributed by atoms with Crippen LogP contribution in [0.4, 0.5) is 0 Å². The maximum Gasteiger partial charge on any atom is 0.119 e. The lowest BCUT2D eigenvalue weighted by molar-refractivity contribution is 0.344. The van der Waals surface area contributed by atoms with E-state index in [9.17, 15) is 0 Å². The molecule has 84 valence electrons. The fraction of sp³-hybridized carbons (Fsp3) is 0.455. The lowest BCUT2D eigenvalue weighted by Crippen LogP contribution is -2.18. The zero-order chi connectivity index (χ0) is 11.1. The fourth-order valence-corrected chi connectivity index (χ4v) is 1.88. The van der Waals surface area contributed by atoms with Crippen LogP contribution in [-0.4, -0.2) is 24.2 Å². The van der Waals surface area contributed by atoms with Crippen LogP contribution in [-0.2, 0) is 0 Å². The molecule has 0 aliphatic heterocycles. The Hall–Kier alpha value is -0.380. The second-order valence-electron chi connectivity index (χ2n) is 3.35. The lowest BCUT2D eigenvalue weighted by atomic mass is 10.3. The molecule has 0 fully saturated rings.